The van der Waals surface area contributed by atoms with Gasteiger partial charge in [-0.3, -0.25) is 0 Å². The summed E-state index contributed by atoms with van der Waals surface area (Å²) in [6, 6.07) is 0. The quantitative estimate of drug-likeness (QED) is 0.827. The highest BCUT2D eigenvalue weighted by Gasteiger charge is 2.26. The first-order valence-corrected chi connectivity index (χ1v) is 5.01. The van der Waals surface area contributed by atoms with Crippen molar-refractivity contribution in [2.75, 3.05) is 24.5 Å². The van der Waals surface area contributed by atoms with E-state index in [0.29, 0.717) is 5.92 Å². The smallest absolute Gasteiger partial charge is 0.225 e. The maximum Gasteiger partial charge on any atom is 0.225 e. The minimum Gasteiger partial charge on any atom is -0.340 e. The lowest BCUT2D eigenvalue weighted by Gasteiger charge is -2.38. The molecule has 0 aliphatic carbocycles. The van der Waals surface area contributed by atoms with E-state index in [1.165, 1.54) is 0 Å². The number of aromatic nitrogens is 2. The molecule has 0 unspecified atom stereocenters. The molecule has 0 bridgehead atoms. The van der Waals surface area contributed by atoms with Crippen molar-refractivity contribution < 1.29 is 0 Å². The molecule has 1 aliphatic rings. The van der Waals surface area contributed by atoms with Crippen molar-refractivity contribution >= 4 is 21.9 Å². The van der Waals surface area contributed by atoms with E-state index < -0.39 is 0 Å². The fourth-order valence-corrected chi connectivity index (χ4v) is 1.56. The summed E-state index contributed by atoms with van der Waals surface area (Å²) in [5.74, 6) is 1.42. The van der Waals surface area contributed by atoms with Gasteiger partial charge >= 0.3 is 0 Å². The van der Waals surface area contributed by atoms with Crippen LogP contribution < -0.4 is 10.6 Å². The number of rotatable bonds is 2. The highest BCUT2D eigenvalue weighted by Crippen LogP contribution is 2.20. The van der Waals surface area contributed by atoms with Crippen molar-refractivity contribution in [2.45, 2.75) is 0 Å². The molecule has 1 fully saturated rings. The average Bonchev–Trinajstić information content (AvgIpc) is 2.06. The maximum atomic E-state index is 5.52. The summed E-state index contributed by atoms with van der Waals surface area (Å²) < 4.78 is 0.909. The van der Waals surface area contributed by atoms with Gasteiger partial charge in [0.05, 0.1) is 4.47 Å². The summed E-state index contributed by atoms with van der Waals surface area (Å²) in [6.07, 6.45) is 3.52. The molecule has 0 spiro atoms. The van der Waals surface area contributed by atoms with Crippen LogP contribution >= 0.6 is 15.9 Å². The SMILES string of the molecule is NCC1CN(c2ncc(Br)cn2)C1. The minimum atomic E-state index is 0.618. The van der Waals surface area contributed by atoms with Crippen molar-refractivity contribution in [3.05, 3.63) is 16.9 Å². The molecule has 5 heteroatoms. The molecule has 0 atom stereocenters. The summed E-state index contributed by atoms with van der Waals surface area (Å²) in [6.45, 7) is 2.73. The molecule has 0 aromatic carbocycles. The van der Waals surface area contributed by atoms with Gasteiger partial charge < -0.3 is 10.6 Å². The molecule has 70 valence electrons. The van der Waals surface area contributed by atoms with Gasteiger partial charge in [0.1, 0.15) is 0 Å². The number of hydrogen-bond donors (Lipinski definition) is 1. The first-order valence-electron chi connectivity index (χ1n) is 4.22. The average molecular weight is 243 g/mol. The van der Waals surface area contributed by atoms with Gasteiger partial charge in [0.15, 0.2) is 0 Å². The summed E-state index contributed by atoms with van der Waals surface area (Å²) >= 11 is 3.30. The molecule has 2 N–H and O–H groups in total. The molecule has 13 heavy (non-hydrogen) atoms. The van der Waals surface area contributed by atoms with Crippen LogP contribution in [0, 0.1) is 5.92 Å². The zero-order valence-corrected chi connectivity index (χ0v) is 8.74. The third kappa shape index (κ3) is 1.81. The molecule has 2 heterocycles. The summed E-state index contributed by atoms with van der Waals surface area (Å²) in [4.78, 5) is 10.5. The molecule has 0 saturated carbocycles. The fraction of sp³-hybridized carbons (Fsp3) is 0.500. The molecular formula is C8H11BrN4. The Kier molecular flexibility index (Phi) is 2.46. The van der Waals surface area contributed by atoms with E-state index in [2.05, 4.69) is 30.8 Å². The van der Waals surface area contributed by atoms with Gasteiger partial charge in [0.2, 0.25) is 5.95 Å². The Morgan fingerprint density at radius 1 is 1.46 bits per heavy atom. The number of hydrogen-bond acceptors (Lipinski definition) is 4. The second-order valence-corrected chi connectivity index (χ2v) is 4.12. The van der Waals surface area contributed by atoms with Crippen LogP contribution in [0.2, 0.25) is 0 Å². The van der Waals surface area contributed by atoms with Crippen molar-refractivity contribution in [3.63, 3.8) is 0 Å². The van der Waals surface area contributed by atoms with Crippen LogP contribution in [0.3, 0.4) is 0 Å². The number of anilines is 1. The Morgan fingerprint density at radius 2 is 2.08 bits per heavy atom. The largest absolute Gasteiger partial charge is 0.340 e. The van der Waals surface area contributed by atoms with Gasteiger partial charge in [0.25, 0.3) is 0 Å². The van der Waals surface area contributed by atoms with E-state index in [-0.39, 0.29) is 0 Å². The van der Waals surface area contributed by atoms with E-state index in [1.54, 1.807) is 12.4 Å². The van der Waals surface area contributed by atoms with Crippen molar-refractivity contribution in [1.82, 2.24) is 9.97 Å². The van der Waals surface area contributed by atoms with Crippen LogP contribution in [0.25, 0.3) is 0 Å². The van der Waals surface area contributed by atoms with Crippen LogP contribution in [0.4, 0.5) is 5.95 Å². The van der Waals surface area contributed by atoms with E-state index in [0.717, 1.165) is 30.1 Å². The van der Waals surface area contributed by atoms with Crippen molar-refractivity contribution in [1.29, 1.82) is 0 Å². The molecule has 1 aromatic rings. The Morgan fingerprint density at radius 3 is 2.62 bits per heavy atom. The van der Waals surface area contributed by atoms with Gasteiger partial charge in [-0.05, 0) is 22.5 Å². The van der Waals surface area contributed by atoms with Crippen molar-refractivity contribution in [3.8, 4) is 0 Å². The fourth-order valence-electron chi connectivity index (χ4n) is 1.35. The molecule has 1 aromatic heterocycles. The lowest BCUT2D eigenvalue weighted by molar-refractivity contribution is 0.413. The third-order valence-electron chi connectivity index (χ3n) is 2.18. The van der Waals surface area contributed by atoms with Crippen LogP contribution in [-0.2, 0) is 0 Å². The van der Waals surface area contributed by atoms with Crippen LogP contribution in [-0.4, -0.2) is 29.6 Å². The molecule has 1 aliphatic heterocycles. The minimum absolute atomic E-state index is 0.618. The highest BCUT2D eigenvalue weighted by molar-refractivity contribution is 9.10. The lowest BCUT2D eigenvalue weighted by atomic mass is 10.0. The summed E-state index contributed by atoms with van der Waals surface area (Å²) in [5, 5.41) is 0. The molecular weight excluding hydrogens is 232 g/mol. The summed E-state index contributed by atoms with van der Waals surface area (Å²) in [7, 11) is 0. The van der Waals surface area contributed by atoms with Gasteiger partial charge in [-0.25, -0.2) is 9.97 Å². The van der Waals surface area contributed by atoms with Gasteiger partial charge in [0, 0.05) is 31.4 Å². The number of halogens is 1. The monoisotopic (exact) mass is 242 g/mol. The zero-order chi connectivity index (χ0) is 9.26. The number of nitrogens with zero attached hydrogens (tertiary/aromatic N) is 3. The second-order valence-electron chi connectivity index (χ2n) is 3.21. The highest BCUT2D eigenvalue weighted by atomic mass is 79.9. The second kappa shape index (κ2) is 3.59. The topological polar surface area (TPSA) is 55.0 Å². The lowest BCUT2D eigenvalue weighted by Crippen LogP contribution is -2.50. The predicted octanol–water partition coefficient (Wildman–Crippen LogP) is 0.634. The van der Waals surface area contributed by atoms with E-state index in [1.807, 2.05) is 0 Å². The van der Waals surface area contributed by atoms with Crippen LogP contribution in [0.1, 0.15) is 0 Å². The molecule has 1 saturated heterocycles. The van der Waals surface area contributed by atoms with Crippen molar-refractivity contribution in [2.24, 2.45) is 11.7 Å². The van der Waals surface area contributed by atoms with Crippen LogP contribution in [0.5, 0.6) is 0 Å². The van der Waals surface area contributed by atoms with E-state index in [4.69, 9.17) is 5.73 Å². The maximum absolute atomic E-state index is 5.52. The Hall–Kier alpha value is -0.680. The predicted molar refractivity (Wildman–Crippen MR) is 54.5 cm³/mol. The third-order valence-corrected chi connectivity index (χ3v) is 2.59. The molecule has 2 rings (SSSR count). The van der Waals surface area contributed by atoms with Gasteiger partial charge in [-0.15, -0.1) is 0 Å². The Bertz CT molecular complexity index is 281. The van der Waals surface area contributed by atoms with Gasteiger partial charge in [-0.1, -0.05) is 0 Å². The Balaban J connectivity index is 1.99. The van der Waals surface area contributed by atoms with E-state index in [9.17, 15) is 0 Å². The number of nitrogens with two attached hydrogens (primary N) is 1. The van der Waals surface area contributed by atoms with Gasteiger partial charge in [-0.2, -0.15) is 0 Å². The van der Waals surface area contributed by atoms with Crippen LogP contribution in [0.15, 0.2) is 16.9 Å². The normalized spacial score (nSPS) is 17.2. The zero-order valence-electron chi connectivity index (χ0n) is 7.15. The summed E-state index contributed by atoms with van der Waals surface area (Å²) in [5.41, 5.74) is 5.52. The molecule has 0 amide bonds. The first-order chi connectivity index (χ1) is 6.29. The van der Waals surface area contributed by atoms with E-state index >= 15 is 0 Å². The standard InChI is InChI=1S/C8H11BrN4/c9-7-2-11-8(12-3-7)13-4-6(1-10)5-13/h2-3,6H,1,4-5,10H2. The molecule has 4 nitrogen and oxygen atoms in total. The Labute approximate surface area is 85.3 Å². The first kappa shape index (κ1) is 8.90. The molecule has 0 radical (unpaired) electrons.